The van der Waals surface area contributed by atoms with Gasteiger partial charge in [0, 0.05) is 63.9 Å². The van der Waals surface area contributed by atoms with Crippen molar-refractivity contribution >= 4 is 11.9 Å². The molecule has 0 atom stereocenters. The highest BCUT2D eigenvalue weighted by atomic mass is 16.5. The highest BCUT2D eigenvalue weighted by molar-refractivity contribution is 5.80. The van der Waals surface area contributed by atoms with Crippen LogP contribution < -0.4 is 10.2 Å². The summed E-state index contributed by atoms with van der Waals surface area (Å²) in [6.45, 7) is 9.08. The third kappa shape index (κ3) is 4.87. The van der Waals surface area contributed by atoms with E-state index in [-0.39, 0.29) is 5.54 Å². The van der Waals surface area contributed by atoms with E-state index in [9.17, 15) is 0 Å². The molecule has 1 N–H and O–H groups in total. The van der Waals surface area contributed by atoms with E-state index >= 15 is 0 Å². The van der Waals surface area contributed by atoms with Gasteiger partial charge in [-0.05, 0) is 39.9 Å². The van der Waals surface area contributed by atoms with Crippen LogP contribution in [0.1, 0.15) is 19.8 Å². The van der Waals surface area contributed by atoms with E-state index in [1.54, 1.807) is 12.4 Å². The first-order valence-corrected chi connectivity index (χ1v) is 9.95. The Morgan fingerprint density at radius 1 is 1.19 bits per heavy atom. The van der Waals surface area contributed by atoms with Crippen LogP contribution in [0.4, 0.5) is 5.95 Å². The maximum absolute atomic E-state index is 5.58. The minimum atomic E-state index is 0.0959. The molecule has 3 rings (SSSR count). The predicted molar refractivity (Wildman–Crippen MR) is 108 cm³/mol. The molecule has 1 aromatic rings. The van der Waals surface area contributed by atoms with Gasteiger partial charge in [0.2, 0.25) is 5.95 Å². The summed E-state index contributed by atoms with van der Waals surface area (Å²) < 4.78 is 5.58. The van der Waals surface area contributed by atoms with Gasteiger partial charge in [0.25, 0.3) is 0 Å². The van der Waals surface area contributed by atoms with Crippen molar-refractivity contribution in [2.45, 2.75) is 25.3 Å². The van der Waals surface area contributed by atoms with Crippen LogP contribution in [0.2, 0.25) is 0 Å². The lowest BCUT2D eigenvalue weighted by Gasteiger charge is -2.42. The van der Waals surface area contributed by atoms with E-state index in [0.29, 0.717) is 0 Å². The van der Waals surface area contributed by atoms with Crippen molar-refractivity contribution in [1.82, 2.24) is 25.1 Å². The Morgan fingerprint density at radius 2 is 1.85 bits per heavy atom. The van der Waals surface area contributed by atoms with E-state index < -0.39 is 0 Å². The standard InChI is InChI=1S/C19H33N7O/c1-4-20-17(23-16-19(24(2)3)6-14-27-15-7-19)25-10-12-26(13-11-25)18-21-8-5-9-22-18/h5,8-9H,4,6-7,10-16H2,1-3H3,(H,20,23). The number of aromatic nitrogens is 2. The Kier molecular flexibility index (Phi) is 6.84. The molecular weight excluding hydrogens is 342 g/mol. The number of nitrogens with zero attached hydrogens (tertiary/aromatic N) is 6. The van der Waals surface area contributed by atoms with E-state index in [1.807, 2.05) is 6.07 Å². The number of piperazine rings is 1. The fraction of sp³-hybridized carbons (Fsp3) is 0.737. The van der Waals surface area contributed by atoms with E-state index in [4.69, 9.17) is 9.73 Å². The van der Waals surface area contributed by atoms with Gasteiger partial charge < -0.3 is 24.8 Å². The molecule has 0 aromatic carbocycles. The summed E-state index contributed by atoms with van der Waals surface area (Å²) in [5.74, 6) is 1.83. The van der Waals surface area contributed by atoms with Gasteiger partial charge in [0.05, 0.1) is 6.54 Å². The maximum Gasteiger partial charge on any atom is 0.225 e. The molecule has 0 saturated carbocycles. The maximum atomic E-state index is 5.58. The summed E-state index contributed by atoms with van der Waals surface area (Å²) in [5.41, 5.74) is 0.0959. The Hall–Kier alpha value is -1.93. The topological polar surface area (TPSA) is 69.1 Å². The zero-order valence-electron chi connectivity index (χ0n) is 16.9. The second kappa shape index (κ2) is 9.32. The Balaban J connectivity index is 1.64. The zero-order valence-corrected chi connectivity index (χ0v) is 16.9. The van der Waals surface area contributed by atoms with Gasteiger partial charge in [-0.1, -0.05) is 0 Å². The minimum absolute atomic E-state index is 0.0959. The van der Waals surface area contributed by atoms with Crippen molar-refractivity contribution in [3.63, 3.8) is 0 Å². The number of likely N-dealkylation sites (N-methyl/N-ethyl adjacent to an activating group) is 1. The molecule has 0 unspecified atom stereocenters. The molecule has 8 nitrogen and oxygen atoms in total. The molecule has 2 saturated heterocycles. The van der Waals surface area contributed by atoms with Crippen LogP contribution in [0.15, 0.2) is 23.5 Å². The first kappa shape index (κ1) is 19.8. The average molecular weight is 376 g/mol. The molecule has 1 aromatic heterocycles. The molecule has 150 valence electrons. The van der Waals surface area contributed by atoms with Crippen LogP contribution in [0.3, 0.4) is 0 Å². The quantitative estimate of drug-likeness (QED) is 0.599. The van der Waals surface area contributed by atoms with Gasteiger partial charge in [0.15, 0.2) is 5.96 Å². The molecule has 2 fully saturated rings. The fourth-order valence-corrected chi connectivity index (χ4v) is 3.72. The number of hydrogen-bond donors (Lipinski definition) is 1. The summed E-state index contributed by atoms with van der Waals surface area (Å²) in [7, 11) is 4.32. The first-order valence-electron chi connectivity index (χ1n) is 9.95. The summed E-state index contributed by atoms with van der Waals surface area (Å²) in [6.07, 6.45) is 5.66. The number of rotatable bonds is 5. The molecule has 3 heterocycles. The lowest BCUT2D eigenvalue weighted by atomic mass is 9.89. The number of aliphatic imine (C=N–C) groups is 1. The number of anilines is 1. The molecule has 0 radical (unpaired) electrons. The lowest BCUT2D eigenvalue weighted by Crippen LogP contribution is -2.54. The first-order chi connectivity index (χ1) is 13.1. The summed E-state index contributed by atoms with van der Waals surface area (Å²) >= 11 is 0. The third-order valence-electron chi connectivity index (χ3n) is 5.64. The number of guanidine groups is 1. The van der Waals surface area contributed by atoms with Crippen molar-refractivity contribution < 1.29 is 4.74 Å². The smallest absolute Gasteiger partial charge is 0.225 e. The molecule has 0 aliphatic carbocycles. The van der Waals surface area contributed by atoms with Gasteiger partial charge in [-0.25, -0.2) is 9.97 Å². The normalized spacial score (nSPS) is 20.8. The molecule has 8 heteroatoms. The lowest BCUT2D eigenvalue weighted by molar-refractivity contribution is -0.00264. The van der Waals surface area contributed by atoms with Crippen molar-refractivity contribution in [3.8, 4) is 0 Å². The van der Waals surface area contributed by atoms with Crippen LogP contribution >= 0.6 is 0 Å². The zero-order chi connectivity index (χ0) is 19.1. The molecule has 0 spiro atoms. The third-order valence-corrected chi connectivity index (χ3v) is 5.64. The molecule has 2 aliphatic heterocycles. The largest absolute Gasteiger partial charge is 0.381 e. The molecular formula is C19H33N7O. The average Bonchev–Trinajstić information content (AvgIpc) is 2.72. The van der Waals surface area contributed by atoms with Gasteiger partial charge in [0.1, 0.15) is 0 Å². The number of hydrogen-bond acceptors (Lipinski definition) is 6. The van der Waals surface area contributed by atoms with E-state index in [1.165, 1.54) is 0 Å². The SMILES string of the molecule is CCNC(=NCC1(N(C)C)CCOCC1)N1CCN(c2ncccn2)CC1. The number of ether oxygens (including phenoxy) is 1. The van der Waals surface area contributed by atoms with Gasteiger partial charge in [-0.2, -0.15) is 0 Å². The minimum Gasteiger partial charge on any atom is -0.381 e. The van der Waals surface area contributed by atoms with Crippen LogP contribution in [0.5, 0.6) is 0 Å². The van der Waals surface area contributed by atoms with Crippen molar-refractivity contribution in [2.24, 2.45) is 4.99 Å². The Bertz CT molecular complexity index is 593. The van der Waals surface area contributed by atoms with Crippen LogP contribution in [-0.4, -0.2) is 97.8 Å². The molecule has 0 amide bonds. The molecule has 0 bridgehead atoms. The summed E-state index contributed by atoms with van der Waals surface area (Å²) in [6, 6.07) is 1.85. The predicted octanol–water partition coefficient (Wildman–Crippen LogP) is 0.675. The summed E-state index contributed by atoms with van der Waals surface area (Å²) in [4.78, 5) is 20.7. The monoisotopic (exact) mass is 375 g/mol. The van der Waals surface area contributed by atoms with Crippen LogP contribution in [-0.2, 0) is 4.74 Å². The number of nitrogens with one attached hydrogen (secondary N) is 1. The van der Waals surface area contributed by atoms with Crippen LogP contribution in [0.25, 0.3) is 0 Å². The molecule has 2 aliphatic rings. The highest BCUT2D eigenvalue weighted by Gasteiger charge is 2.35. The second-order valence-corrected chi connectivity index (χ2v) is 7.42. The van der Waals surface area contributed by atoms with Gasteiger partial charge in [-0.3, -0.25) is 4.99 Å². The van der Waals surface area contributed by atoms with Gasteiger partial charge >= 0.3 is 0 Å². The summed E-state index contributed by atoms with van der Waals surface area (Å²) in [5, 5.41) is 3.48. The van der Waals surface area contributed by atoms with Crippen molar-refractivity contribution in [3.05, 3.63) is 18.5 Å². The van der Waals surface area contributed by atoms with Crippen molar-refractivity contribution in [2.75, 3.05) is 71.5 Å². The molecule has 27 heavy (non-hydrogen) atoms. The van der Waals surface area contributed by atoms with E-state index in [2.05, 4.69) is 51.0 Å². The highest BCUT2D eigenvalue weighted by Crippen LogP contribution is 2.26. The van der Waals surface area contributed by atoms with Crippen molar-refractivity contribution in [1.29, 1.82) is 0 Å². The Labute approximate surface area is 162 Å². The second-order valence-electron chi connectivity index (χ2n) is 7.42. The van der Waals surface area contributed by atoms with Gasteiger partial charge in [-0.15, -0.1) is 0 Å². The Morgan fingerprint density at radius 3 is 2.44 bits per heavy atom. The van der Waals surface area contributed by atoms with Crippen LogP contribution in [0, 0.1) is 0 Å². The van der Waals surface area contributed by atoms with E-state index in [0.717, 1.165) is 77.2 Å². The fourth-order valence-electron chi connectivity index (χ4n) is 3.72.